The fourth-order valence-electron chi connectivity index (χ4n) is 1.59. The van der Waals surface area contributed by atoms with Gasteiger partial charge < -0.3 is 0 Å². The van der Waals surface area contributed by atoms with Crippen LogP contribution in [-0.2, 0) is 0 Å². The van der Waals surface area contributed by atoms with Crippen LogP contribution in [0.4, 0.5) is 0 Å². The average molecular weight is 138 g/mol. The molecule has 10 heavy (non-hydrogen) atoms. The molecule has 0 unspecified atom stereocenters. The fourth-order valence-corrected chi connectivity index (χ4v) is 1.59. The zero-order valence-corrected chi connectivity index (χ0v) is 6.47. The van der Waals surface area contributed by atoms with E-state index in [0.29, 0.717) is 6.54 Å². The minimum atomic E-state index is 0.455. The lowest BCUT2D eigenvalue weighted by atomic mass is 9.89. The Morgan fingerprint density at radius 3 is 2.50 bits per heavy atom. The lowest BCUT2D eigenvalue weighted by Gasteiger charge is -2.17. The van der Waals surface area contributed by atoms with Crippen LogP contribution in [0.5, 0.6) is 0 Å². The summed E-state index contributed by atoms with van der Waals surface area (Å²) in [5, 5.41) is 0. The van der Waals surface area contributed by atoms with Crippen LogP contribution in [0.2, 0.25) is 0 Å². The van der Waals surface area contributed by atoms with Crippen molar-refractivity contribution >= 4 is 0 Å². The Bertz CT molecular complexity index is 101. The molecule has 1 aliphatic carbocycles. The predicted molar refractivity (Wildman–Crippen MR) is 43.7 cm³/mol. The van der Waals surface area contributed by atoms with Gasteiger partial charge in [-0.3, -0.25) is 5.73 Å². The van der Waals surface area contributed by atoms with Gasteiger partial charge in [0, 0.05) is 6.54 Å². The van der Waals surface area contributed by atoms with E-state index in [0.717, 1.165) is 5.92 Å². The number of nitrogens with one attached hydrogen (secondary N) is 1. The van der Waals surface area contributed by atoms with Crippen LogP contribution in [-0.4, -0.2) is 6.54 Å². The molecule has 1 heteroatoms. The monoisotopic (exact) mass is 138 g/mol. The molecule has 1 radical (unpaired) electrons. The summed E-state index contributed by atoms with van der Waals surface area (Å²) < 4.78 is 0. The molecule has 0 aromatic heterocycles. The van der Waals surface area contributed by atoms with E-state index in [-0.39, 0.29) is 0 Å². The molecule has 0 spiro atoms. The van der Waals surface area contributed by atoms with Gasteiger partial charge in [0.1, 0.15) is 0 Å². The Kier molecular flexibility index (Phi) is 3.52. The van der Waals surface area contributed by atoms with Gasteiger partial charge >= 0.3 is 0 Å². The fraction of sp³-hybridized carbons (Fsp3) is 0.778. The second-order valence-electron chi connectivity index (χ2n) is 3.03. The molecule has 0 heterocycles. The van der Waals surface area contributed by atoms with Crippen LogP contribution in [0.15, 0.2) is 12.2 Å². The second-order valence-corrected chi connectivity index (χ2v) is 3.03. The van der Waals surface area contributed by atoms with Crippen molar-refractivity contribution in [3.8, 4) is 0 Å². The lowest BCUT2D eigenvalue weighted by molar-refractivity contribution is 0.419. The Morgan fingerprint density at radius 1 is 1.20 bits per heavy atom. The van der Waals surface area contributed by atoms with E-state index < -0.39 is 0 Å². The maximum atomic E-state index is 6.93. The summed E-state index contributed by atoms with van der Waals surface area (Å²) in [7, 11) is 0. The SMILES string of the molecule is [NH]C/C=C/C1CCCCC1. The van der Waals surface area contributed by atoms with E-state index in [9.17, 15) is 0 Å². The molecule has 0 aromatic carbocycles. The minimum absolute atomic E-state index is 0.455. The summed E-state index contributed by atoms with van der Waals surface area (Å²) in [6.07, 6.45) is 11.1. The van der Waals surface area contributed by atoms with Gasteiger partial charge in [0.25, 0.3) is 0 Å². The van der Waals surface area contributed by atoms with E-state index in [1.54, 1.807) is 0 Å². The van der Waals surface area contributed by atoms with Crippen LogP contribution in [0, 0.1) is 5.92 Å². The zero-order valence-electron chi connectivity index (χ0n) is 6.47. The lowest BCUT2D eigenvalue weighted by Crippen LogP contribution is -2.02. The molecule has 0 amide bonds. The molecule has 0 aromatic rings. The van der Waals surface area contributed by atoms with Gasteiger partial charge in [0.15, 0.2) is 0 Å². The van der Waals surface area contributed by atoms with E-state index in [4.69, 9.17) is 5.73 Å². The van der Waals surface area contributed by atoms with E-state index in [1.807, 2.05) is 6.08 Å². The Labute approximate surface area is 63.3 Å². The zero-order chi connectivity index (χ0) is 7.23. The first-order chi connectivity index (χ1) is 4.93. The van der Waals surface area contributed by atoms with Crippen molar-refractivity contribution in [3.05, 3.63) is 12.2 Å². The molecule has 1 saturated carbocycles. The van der Waals surface area contributed by atoms with E-state index >= 15 is 0 Å². The number of rotatable bonds is 2. The molecule has 0 aliphatic heterocycles. The predicted octanol–water partition coefficient (Wildman–Crippen LogP) is 2.41. The average Bonchev–Trinajstić information content (AvgIpc) is 2.03. The molecule has 1 N–H and O–H groups in total. The largest absolute Gasteiger partial charge is 0.254 e. The van der Waals surface area contributed by atoms with Crippen LogP contribution >= 0.6 is 0 Å². The Morgan fingerprint density at radius 2 is 1.90 bits per heavy atom. The highest BCUT2D eigenvalue weighted by atomic mass is 14.5. The number of hydrogen-bond donors (Lipinski definition) is 0. The molecule has 0 saturated heterocycles. The highest BCUT2D eigenvalue weighted by Gasteiger charge is 2.08. The van der Waals surface area contributed by atoms with Crippen LogP contribution in [0.3, 0.4) is 0 Å². The first kappa shape index (κ1) is 7.80. The van der Waals surface area contributed by atoms with E-state index in [1.165, 1.54) is 32.1 Å². The summed E-state index contributed by atoms with van der Waals surface area (Å²) in [4.78, 5) is 0. The molecule has 0 atom stereocenters. The third-order valence-electron chi connectivity index (χ3n) is 2.18. The van der Waals surface area contributed by atoms with E-state index in [2.05, 4.69) is 6.08 Å². The summed E-state index contributed by atoms with van der Waals surface area (Å²) >= 11 is 0. The van der Waals surface area contributed by atoms with Gasteiger partial charge in [-0.25, -0.2) is 0 Å². The van der Waals surface area contributed by atoms with Crippen LogP contribution in [0.1, 0.15) is 32.1 Å². The van der Waals surface area contributed by atoms with Crippen molar-refractivity contribution < 1.29 is 0 Å². The molecule has 1 fully saturated rings. The quantitative estimate of drug-likeness (QED) is 0.523. The number of allylic oxidation sites excluding steroid dienone is 1. The molecule has 1 rings (SSSR count). The van der Waals surface area contributed by atoms with Crippen molar-refractivity contribution in [2.24, 2.45) is 5.92 Å². The second kappa shape index (κ2) is 4.51. The van der Waals surface area contributed by atoms with Gasteiger partial charge in [0.2, 0.25) is 0 Å². The highest BCUT2D eigenvalue weighted by Crippen LogP contribution is 2.24. The summed E-state index contributed by atoms with van der Waals surface area (Å²) in [5.41, 5.74) is 6.93. The minimum Gasteiger partial charge on any atom is -0.254 e. The normalized spacial score (nSPS) is 22.1. The third-order valence-corrected chi connectivity index (χ3v) is 2.18. The Balaban J connectivity index is 2.19. The van der Waals surface area contributed by atoms with Gasteiger partial charge in [-0.2, -0.15) is 0 Å². The smallest absolute Gasteiger partial charge is 0.0281 e. The van der Waals surface area contributed by atoms with Crippen LogP contribution < -0.4 is 5.73 Å². The topological polar surface area (TPSA) is 23.8 Å². The van der Waals surface area contributed by atoms with Crippen molar-refractivity contribution in [2.75, 3.05) is 6.54 Å². The third kappa shape index (κ3) is 2.53. The molecule has 0 bridgehead atoms. The van der Waals surface area contributed by atoms with Crippen molar-refractivity contribution in [1.82, 2.24) is 5.73 Å². The van der Waals surface area contributed by atoms with Gasteiger partial charge in [-0.05, 0) is 18.8 Å². The molecule has 1 nitrogen and oxygen atoms in total. The first-order valence-corrected chi connectivity index (χ1v) is 4.24. The summed E-state index contributed by atoms with van der Waals surface area (Å²) in [6.45, 7) is 0.455. The Hall–Kier alpha value is -0.300. The van der Waals surface area contributed by atoms with Gasteiger partial charge in [-0.15, -0.1) is 0 Å². The van der Waals surface area contributed by atoms with Crippen molar-refractivity contribution in [2.45, 2.75) is 32.1 Å². The van der Waals surface area contributed by atoms with Gasteiger partial charge in [0.05, 0.1) is 0 Å². The molecular weight excluding hydrogens is 122 g/mol. The molecular formula is C9H16N. The standard InChI is InChI=1S/C9H16N/c10-8-4-7-9-5-2-1-3-6-9/h4,7,9-10H,1-3,5-6,8H2/b7-4+. The maximum absolute atomic E-state index is 6.93. The number of hydrogen-bond acceptors (Lipinski definition) is 0. The van der Waals surface area contributed by atoms with Crippen molar-refractivity contribution in [3.63, 3.8) is 0 Å². The van der Waals surface area contributed by atoms with Gasteiger partial charge in [-0.1, -0.05) is 31.4 Å². The maximum Gasteiger partial charge on any atom is 0.0281 e. The molecule has 57 valence electrons. The molecule has 1 aliphatic rings. The summed E-state index contributed by atoms with van der Waals surface area (Å²) in [5.74, 6) is 0.805. The summed E-state index contributed by atoms with van der Waals surface area (Å²) in [6, 6.07) is 0. The van der Waals surface area contributed by atoms with Crippen molar-refractivity contribution in [1.29, 1.82) is 0 Å². The highest BCUT2D eigenvalue weighted by molar-refractivity contribution is 4.90. The first-order valence-electron chi connectivity index (χ1n) is 4.24. The van der Waals surface area contributed by atoms with Crippen LogP contribution in [0.25, 0.3) is 0 Å².